The molecule has 4 rings (SSSR count). The van der Waals surface area contributed by atoms with Gasteiger partial charge in [0, 0.05) is 44.6 Å². The molecule has 0 radical (unpaired) electrons. The SMILES string of the molecule is O=C(c1ccc(F)c(F)c1F)N1CCN(c2cc(-n3cccc3)ncn2)CC1. The molecule has 0 atom stereocenters. The van der Waals surface area contributed by atoms with Gasteiger partial charge in [-0.05, 0) is 24.3 Å². The van der Waals surface area contributed by atoms with Crippen molar-refractivity contribution in [1.29, 1.82) is 0 Å². The Kier molecular flexibility index (Phi) is 4.72. The number of aromatic nitrogens is 3. The van der Waals surface area contributed by atoms with Gasteiger partial charge in [0.05, 0.1) is 5.56 Å². The maximum absolute atomic E-state index is 13.9. The Morgan fingerprint density at radius 1 is 0.893 bits per heavy atom. The van der Waals surface area contributed by atoms with Crippen molar-refractivity contribution in [2.45, 2.75) is 0 Å². The van der Waals surface area contributed by atoms with Gasteiger partial charge >= 0.3 is 0 Å². The summed E-state index contributed by atoms with van der Waals surface area (Å²) < 4.78 is 42.2. The maximum atomic E-state index is 13.9. The predicted molar refractivity (Wildman–Crippen MR) is 95.8 cm³/mol. The molecule has 9 heteroatoms. The van der Waals surface area contributed by atoms with Crippen molar-refractivity contribution in [3.05, 3.63) is 72.1 Å². The molecule has 1 aromatic carbocycles. The topological polar surface area (TPSA) is 54.3 Å². The smallest absolute Gasteiger partial charge is 0.257 e. The number of rotatable bonds is 3. The number of carbonyl (C=O) groups excluding carboxylic acids is 1. The molecule has 0 N–H and O–H groups in total. The van der Waals surface area contributed by atoms with Crippen molar-refractivity contribution in [3.8, 4) is 5.82 Å². The van der Waals surface area contributed by atoms with Gasteiger partial charge in [0.25, 0.3) is 5.91 Å². The first-order valence-corrected chi connectivity index (χ1v) is 8.67. The second kappa shape index (κ2) is 7.34. The molecule has 1 fully saturated rings. The van der Waals surface area contributed by atoms with Gasteiger partial charge in [0.1, 0.15) is 18.0 Å². The van der Waals surface area contributed by atoms with Crippen molar-refractivity contribution in [3.63, 3.8) is 0 Å². The number of piperazine rings is 1. The molecule has 1 aliphatic heterocycles. The van der Waals surface area contributed by atoms with Crippen molar-refractivity contribution in [2.24, 2.45) is 0 Å². The minimum absolute atomic E-state index is 0.306. The van der Waals surface area contributed by atoms with Gasteiger partial charge in [-0.3, -0.25) is 4.79 Å². The van der Waals surface area contributed by atoms with Gasteiger partial charge in [-0.25, -0.2) is 23.1 Å². The van der Waals surface area contributed by atoms with E-state index < -0.39 is 28.9 Å². The minimum Gasteiger partial charge on any atom is -0.353 e. The highest BCUT2D eigenvalue weighted by Gasteiger charge is 2.27. The molecule has 0 saturated carbocycles. The highest BCUT2D eigenvalue weighted by molar-refractivity contribution is 5.94. The molecule has 0 unspecified atom stereocenters. The lowest BCUT2D eigenvalue weighted by Crippen LogP contribution is -2.49. The van der Waals surface area contributed by atoms with Crippen LogP contribution in [0.3, 0.4) is 0 Å². The highest BCUT2D eigenvalue weighted by atomic mass is 19.2. The van der Waals surface area contributed by atoms with Crippen molar-refractivity contribution in [2.75, 3.05) is 31.1 Å². The normalized spacial score (nSPS) is 14.4. The van der Waals surface area contributed by atoms with Gasteiger partial charge in [-0.1, -0.05) is 0 Å². The van der Waals surface area contributed by atoms with Crippen molar-refractivity contribution < 1.29 is 18.0 Å². The first-order valence-electron chi connectivity index (χ1n) is 8.67. The van der Waals surface area contributed by atoms with Crippen LogP contribution in [0.4, 0.5) is 19.0 Å². The van der Waals surface area contributed by atoms with E-state index in [0.717, 1.165) is 18.0 Å². The van der Waals surface area contributed by atoms with Crippen LogP contribution < -0.4 is 4.90 Å². The minimum atomic E-state index is -1.64. The summed E-state index contributed by atoms with van der Waals surface area (Å²) in [6.45, 7) is 1.55. The Bertz CT molecular complexity index is 1000. The van der Waals surface area contributed by atoms with E-state index in [-0.39, 0.29) is 0 Å². The summed E-state index contributed by atoms with van der Waals surface area (Å²) in [6, 6.07) is 7.35. The van der Waals surface area contributed by atoms with E-state index in [2.05, 4.69) is 9.97 Å². The number of halogens is 3. The second-order valence-corrected chi connectivity index (χ2v) is 6.33. The fraction of sp³-hybridized carbons (Fsp3) is 0.211. The van der Waals surface area contributed by atoms with E-state index in [0.29, 0.717) is 32.0 Å². The van der Waals surface area contributed by atoms with E-state index in [9.17, 15) is 18.0 Å². The van der Waals surface area contributed by atoms with Crippen LogP contribution in [0.15, 0.2) is 49.1 Å². The summed E-state index contributed by atoms with van der Waals surface area (Å²) in [6.07, 6.45) is 5.22. The zero-order chi connectivity index (χ0) is 19.7. The monoisotopic (exact) mass is 387 g/mol. The number of amides is 1. The Morgan fingerprint density at radius 3 is 2.29 bits per heavy atom. The molecule has 0 bridgehead atoms. The number of nitrogens with zero attached hydrogens (tertiary/aromatic N) is 5. The number of hydrogen-bond donors (Lipinski definition) is 0. The Hall–Kier alpha value is -3.36. The first-order chi connectivity index (χ1) is 13.5. The molecule has 2 aromatic heterocycles. The second-order valence-electron chi connectivity index (χ2n) is 6.33. The Balaban J connectivity index is 1.46. The third-order valence-electron chi connectivity index (χ3n) is 4.66. The molecular formula is C19H16F3N5O. The van der Waals surface area contributed by atoms with Gasteiger partial charge in [0.15, 0.2) is 17.5 Å². The van der Waals surface area contributed by atoms with Crippen molar-refractivity contribution in [1.82, 2.24) is 19.4 Å². The average Bonchev–Trinajstić information content (AvgIpc) is 3.27. The molecule has 0 spiro atoms. The van der Waals surface area contributed by atoms with Crippen LogP contribution in [-0.4, -0.2) is 51.5 Å². The molecule has 1 amide bonds. The summed E-state index contributed by atoms with van der Waals surface area (Å²) in [5.74, 6) is -3.64. The van der Waals surface area contributed by atoms with E-state index in [1.54, 1.807) is 0 Å². The van der Waals surface area contributed by atoms with Crippen LogP contribution in [0.25, 0.3) is 5.82 Å². The van der Waals surface area contributed by atoms with Gasteiger partial charge in [0.2, 0.25) is 0 Å². The third kappa shape index (κ3) is 3.30. The molecule has 3 heterocycles. The summed E-state index contributed by atoms with van der Waals surface area (Å²) in [5.41, 5.74) is -0.468. The predicted octanol–water partition coefficient (Wildman–Crippen LogP) is 2.65. The fourth-order valence-corrected chi connectivity index (χ4v) is 3.14. The standard InChI is InChI=1S/C19H16F3N5O/c20-14-4-3-13(17(21)18(14)22)19(28)27-9-7-26(8-10-27)16-11-15(23-12-24-16)25-5-1-2-6-25/h1-6,11-12H,7-10H2. The molecule has 6 nitrogen and oxygen atoms in total. The van der Waals surface area contributed by atoms with Crippen LogP contribution >= 0.6 is 0 Å². The summed E-state index contributed by atoms with van der Waals surface area (Å²) in [4.78, 5) is 24.4. The zero-order valence-corrected chi connectivity index (χ0v) is 14.7. The van der Waals surface area contributed by atoms with E-state index in [4.69, 9.17) is 0 Å². The number of hydrogen-bond acceptors (Lipinski definition) is 4. The molecule has 0 aliphatic carbocycles. The molecule has 3 aromatic rings. The maximum Gasteiger partial charge on any atom is 0.257 e. The van der Waals surface area contributed by atoms with Crippen molar-refractivity contribution >= 4 is 11.7 Å². The van der Waals surface area contributed by atoms with E-state index >= 15 is 0 Å². The zero-order valence-electron chi connectivity index (χ0n) is 14.7. The van der Waals surface area contributed by atoms with Crippen LogP contribution in [0.1, 0.15) is 10.4 Å². The number of benzene rings is 1. The lowest BCUT2D eigenvalue weighted by Gasteiger charge is -2.35. The summed E-state index contributed by atoms with van der Waals surface area (Å²) in [5, 5.41) is 0. The largest absolute Gasteiger partial charge is 0.353 e. The summed E-state index contributed by atoms with van der Waals surface area (Å²) >= 11 is 0. The Labute approximate surface area is 158 Å². The average molecular weight is 387 g/mol. The van der Waals surface area contributed by atoms with Crippen LogP contribution in [-0.2, 0) is 0 Å². The lowest BCUT2D eigenvalue weighted by atomic mass is 10.1. The van der Waals surface area contributed by atoms with Gasteiger partial charge in [-0.2, -0.15) is 0 Å². The molecule has 28 heavy (non-hydrogen) atoms. The van der Waals surface area contributed by atoms with Crippen LogP contribution in [0.5, 0.6) is 0 Å². The van der Waals surface area contributed by atoms with E-state index in [1.807, 2.05) is 40.1 Å². The number of anilines is 1. The first kappa shape index (κ1) is 18.0. The lowest BCUT2D eigenvalue weighted by molar-refractivity contribution is 0.0740. The molecule has 1 aliphatic rings. The molecular weight excluding hydrogens is 371 g/mol. The van der Waals surface area contributed by atoms with Gasteiger partial charge in [-0.15, -0.1) is 0 Å². The molecule has 144 valence electrons. The van der Waals surface area contributed by atoms with E-state index in [1.165, 1.54) is 11.2 Å². The van der Waals surface area contributed by atoms with Gasteiger partial charge < -0.3 is 14.4 Å². The van der Waals surface area contributed by atoms with Crippen LogP contribution in [0.2, 0.25) is 0 Å². The quantitative estimate of drug-likeness (QED) is 0.649. The number of carbonyl (C=O) groups is 1. The summed E-state index contributed by atoms with van der Waals surface area (Å²) in [7, 11) is 0. The molecule has 1 saturated heterocycles. The Morgan fingerprint density at radius 2 is 1.57 bits per heavy atom. The third-order valence-corrected chi connectivity index (χ3v) is 4.66. The van der Waals surface area contributed by atoms with Crippen LogP contribution in [0, 0.1) is 17.5 Å². The highest BCUT2D eigenvalue weighted by Crippen LogP contribution is 2.20. The fourth-order valence-electron chi connectivity index (χ4n) is 3.14.